The molecule has 104 valence electrons. The summed E-state index contributed by atoms with van der Waals surface area (Å²) in [5.74, 6) is 2.36. The van der Waals surface area contributed by atoms with Crippen LogP contribution in [0, 0.1) is 12.3 Å². The minimum Gasteiger partial charge on any atom is -0.406 e. The molecule has 0 unspecified atom stereocenters. The van der Waals surface area contributed by atoms with E-state index in [0.717, 1.165) is 31.4 Å². The maximum atomic E-state index is 11.9. The van der Waals surface area contributed by atoms with E-state index in [1.807, 2.05) is 0 Å². The highest BCUT2D eigenvalue weighted by Crippen LogP contribution is 2.22. The number of halogens is 3. The predicted molar refractivity (Wildman–Crippen MR) is 67.5 cm³/mol. The Morgan fingerprint density at radius 3 is 2.42 bits per heavy atom. The Hall–Kier alpha value is -1.67. The normalized spacial score (nSPS) is 11.1. The van der Waals surface area contributed by atoms with Gasteiger partial charge >= 0.3 is 6.36 Å². The molecular weight excluding hydrogens is 255 g/mol. The maximum absolute atomic E-state index is 11.9. The van der Waals surface area contributed by atoms with Crippen molar-refractivity contribution in [3.8, 4) is 18.1 Å². The summed E-state index contributed by atoms with van der Waals surface area (Å²) in [7, 11) is 0. The van der Waals surface area contributed by atoms with Crippen molar-refractivity contribution in [3.63, 3.8) is 0 Å². The van der Waals surface area contributed by atoms with Gasteiger partial charge < -0.3 is 10.1 Å². The minimum atomic E-state index is -4.64. The van der Waals surface area contributed by atoms with E-state index in [9.17, 15) is 13.2 Å². The van der Waals surface area contributed by atoms with Gasteiger partial charge in [-0.25, -0.2) is 0 Å². The molecule has 1 N–H and O–H groups in total. The zero-order valence-corrected chi connectivity index (χ0v) is 10.5. The molecule has 5 heteroatoms. The molecule has 0 aromatic heterocycles. The quantitative estimate of drug-likeness (QED) is 0.605. The second-order valence-corrected chi connectivity index (χ2v) is 4.03. The Balaban J connectivity index is 2.27. The van der Waals surface area contributed by atoms with Gasteiger partial charge in [-0.1, -0.05) is 12.1 Å². The van der Waals surface area contributed by atoms with E-state index in [-0.39, 0.29) is 5.75 Å². The van der Waals surface area contributed by atoms with Crippen LogP contribution in [0.3, 0.4) is 0 Å². The smallest absolute Gasteiger partial charge is 0.406 e. The molecule has 0 aliphatic rings. The average Bonchev–Trinajstić information content (AvgIpc) is 2.34. The predicted octanol–water partition coefficient (Wildman–Crippen LogP) is 3.48. The second kappa shape index (κ2) is 7.70. The maximum Gasteiger partial charge on any atom is 0.573 e. The minimum absolute atomic E-state index is 0.203. The van der Waals surface area contributed by atoms with Crippen LogP contribution in [0.4, 0.5) is 13.2 Å². The van der Waals surface area contributed by atoms with Crippen LogP contribution in [0.2, 0.25) is 0 Å². The third-order valence-electron chi connectivity index (χ3n) is 2.41. The van der Waals surface area contributed by atoms with E-state index >= 15 is 0 Å². The topological polar surface area (TPSA) is 21.3 Å². The van der Waals surface area contributed by atoms with E-state index in [4.69, 9.17) is 6.42 Å². The van der Waals surface area contributed by atoms with Crippen molar-refractivity contribution in [1.82, 2.24) is 5.32 Å². The van der Waals surface area contributed by atoms with Crippen LogP contribution in [-0.4, -0.2) is 12.9 Å². The number of terminal acetylenes is 1. The van der Waals surface area contributed by atoms with Crippen molar-refractivity contribution in [3.05, 3.63) is 29.8 Å². The third-order valence-corrected chi connectivity index (χ3v) is 2.41. The van der Waals surface area contributed by atoms with Gasteiger partial charge in [-0.2, -0.15) is 0 Å². The number of ether oxygens (including phenoxy) is 1. The molecule has 1 aromatic carbocycles. The lowest BCUT2D eigenvalue weighted by Crippen LogP contribution is -2.17. The molecule has 2 nitrogen and oxygen atoms in total. The lowest BCUT2D eigenvalue weighted by molar-refractivity contribution is -0.274. The molecule has 0 bridgehead atoms. The number of nitrogens with one attached hydrogen (secondary N) is 1. The molecule has 0 amide bonds. The van der Waals surface area contributed by atoms with E-state index in [0.29, 0.717) is 6.54 Å². The Labute approximate surface area is 111 Å². The Kier molecular flexibility index (Phi) is 6.23. The van der Waals surface area contributed by atoms with Crippen molar-refractivity contribution in [2.75, 3.05) is 6.54 Å². The van der Waals surface area contributed by atoms with E-state index in [1.165, 1.54) is 12.1 Å². The largest absolute Gasteiger partial charge is 0.573 e. The molecule has 0 heterocycles. The van der Waals surface area contributed by atoms with E-state index < -0.39 is 6.36 Å². The molecule has 19 heavy (non-hydrogen) atoms. The van der Waals surface area contributed by atoms with Crippen LogP contribution in [-0.2, 0) is 6.54 Å². The van der Waals surface area contributed by atoms with Gasteiger partial charge in [0.15, 0.2) is 0 Å². The highest BCUT2D eigenvalue weighted by Gasteiger charge is 2.30. The van der Waals surface area contributed by atoms with Gasteiger partial charge in [0.2, 0.25) is 0 Å². The summed E-state index contributed by atoms with van der Waals surface area (Å²) in [4.78, 5) is 0. The first kappa shape index (κ1) is 15.4. The lowest BCUT2D eigenvalue weighted by atomic mass is 10.2. The number of hydrogen-bond donors (Lipinski definition) is 1. The van der Waals surface area contributed by atoms with Crippen LogP contribution in [0.25, 0.3) is 0 Å². The second-order valence-electron chi connectivity index (χ2n) is 4.03. The Morgan fingerprint density at radius 2 is 1.84 bits per heavy atom. The summed E-state index contributed by atoms with van der Waals surface area (Å²) >= 11 is 0. The zero-order valence-electron chi connectivity index (χ0n) is 10.5. The fraction of sp³-hybridized carbons (Fsp3) is 0.429. The highest BCUT2D eigenvalue weighted by molar-refractivity contribution is 5.27. The van der Waals surface area contributed by atoms with Gasteiger partial charge in [-0.3, -0.25) is 0 Å². The number of rotatable bonds is 7. The average molecular weight is 271 g/mol. The lowest BCUT2D eigenvalue weighted by Gasteiger charge is -2.09. The van der Waals surface area contributed by atoms with Crippen LogP contribution in [0.5, 0.6) is 5.75 Å². The Bertz CT molecular complexity index is 406. The van der Waals surface area contributed by atoms with Crippen LogP contribution < -0.4 is 10.1 Å². The van der Waals surface area contributed by atoms with Gasteiger partial charge in [0, 0.05) is 13.0 Å². The number of hydrogen-bond acceptors (Lipinski definition) is 2. The summed E-state index contributed by atoms with van der Waals surface area (Å²) in [5, 5.41) is 3.20. The fourth-order valence-electron chi connectivity index (χ4n) is 1.52. The molecule has 0 radical (unpaired) electrons. The van der Waals surface area contributed by atoms with Gasteiger partial charge in [0.1, 0.15) is 5.75 Å². The summed E-state index contributed by atoms with van der Waals surface area (Å²) in [6.45, 7) is 1.45. The van der Waals surface area contributed by atoms with Gasteiger partial charge in [-0.05, 0) is 37.1 Å². The zero-order chi connectivity index (χ0) is 14.1. The van der Waals surface area contributed by atoms with Crippen LogP contribution in [0.1, 0.15) is 24.8 Å². The molecule has 0 aliphatic carbocycles. The fourth-order valence-corrected chi connectivity index (χ4v) is 1.52. The summed E-state index contributed by atoms with van der Waals surface area (Å²) in [5.41, 5.74) is 0.909. The molecule has 0 fully saturated rings. The van der Waals surface area contributed by atoms with Gasteiger partial charge in [-0.15, -0.1) is 25.5 Å². The van der Waals surface area contributed by atoms with Crippen molar-refractivity contribution in [2.45, 2.75) is 32.2 Å². The van der Waals surface area contributed by atoms with Gasteiger partial charge in [0.05, 0.1) is 0 Å². The van der Waals surface area contributed by atoms with Gasteiger partial charge in [0.25, 0.3) is 0 Å². The number of alkyl halides is 3. The summed E-state index contributed by atoms with van der Waals surface area (Å²) in [6.07, 6.45) is 3.22. The number of unbranched alkanes of at least 4 members (excludes halogenated alkanes) is 2. The SMILES string of the molecule is C#CCCCCNCc1ccc(OC(F)(F)F)cc1. The molecule has 1 rings (SSSR count). The number of benzene rings is 1. The highest BCUT2D eigenvalue weighted by atomic mass is 19.4. The molecule has 0 saturated heterocycles. The molecule has 0 spiro atoms. The summed E-state index contributed by atoms with van der Waals surface area (Å²) in [6, 6.07) is 5.83. The van der Waals surface area contributed by atoms with Crippen molar-refractivity contribution in [2.24, 2.45) is 0 Å². The van der Waals surface area contributed by atoms with Crippen LogP contribution >= 0.6 is 0 Å². The van der Waals surface area contributed by atoms with Crippen LogP contribution in [0.15, 0.2) is 24.3 Å². The molecule has 0 aliphatic heterocycles. The molecule has 1 aromatic rings. The monoisotopic (exact) mass is 271 g/mol. The van der Waals surface area contributed by atoms with Crippen molar-refractivity contribution in [1.29, 1.82) is 0 Å². The molecular formula is C14H16F3NO. The third kappa shape index (κ3) is 7.37. The van der Waals surface area contributed by atoms with E-state index in [2.05, 4.69) is 16.0 Å². The van der Waals surface area contributed by atoms with Crippen molar-refractivity contribution < 1.29 is 17.9 Å². The standard InChI is InChI=1S/C14H16F3NO/c1-2-3-4-5-10-18-11-12-6-8-13(9-7-12)19-14(15,16)17/h1,6-9,18H,3-5,10-11H2. The van der Waals surface area contributed by atoms with E-state index in [1.54, 1.807) is 12.1 Å². The Morgan fingerprint density at radius 1 is 1.16 bits per heavy atom. The van der Waals surface area contributed by atoms with Crippen molar-refractivity contribution >= 4 is 0 Å². The first-order valence-corrected chi connectivity index (χ1v) is 6.00. The first-order chi connectivity index (χ1) is 9.01. The summed E-state index contributed by atoms with van der Waals surface area (Å²) < 4.78 is 39.6. The molecule has 0 atom stereocenters. The first-order valence-electron chi connectivity index (χ1n) is 6.00. The molecule has 0 saturated carbocycles.